The van der Waals surface area contributed by atoms with Gasteiger partial charge in [0, 0.05) is 21.4 Å². The largest absolute Gasteiger partial charge is 0.488 e. The first kappa shape index (κ1) is 24.6. The summed E-state index contributed by atoms with van der Waals surface area (Å²) in [4.78, 5) is 12.1. The Balaban J connectivity index is 1.84. The van der Waals surface area contributed by atoms with Crippen LogP contribution in [0.3, 0.4) is 0 Å². The lowest BCUT2D eigenvalue weighted by Crippen LogP contribution is -2.11. The molecule has 35 heavy (non-hydrogen) atoms. The number of rotatable bonds is 6. The van der Waals surface area contributed by atoms with E-state index in [9.17, 15) is 18.0 Å². The van der Waals surface area contributed by atoms with Crippen LogP contribution >= 0.6 is 15.9 Å². The number of hydrogen-bond donors (Lipinski definition) is 0. The van der Waals surface area contributed by atoms with Gasteiger partial charge in [0.25, 0.3) is 0 Å². The predicted molar refractivity (Wildman–Crippen MR) is 131 cm³/mol. The van der Waals surface area contributed by atoms with Gasteiger partial charge in [-0.15, -0.1) is 0 Å². The van der Waals surface area contributed by atoms with Crippen molar-refractivity contribution in [1.29, 1.82) is 0 Å². The van der Waals surface area contributed by atoms with E-state index in [-0.39, 0.29) is 11.3 Å². The Morgan fingerprint density at radius 2 is 1.71 bits per heavy atom. The smallest absolute Gasteiger partial charge is 0.416 e. The average molecular weight is 544 g/mol. The molecule has 0 atom stereocenters. The zero-order valence-corrected chi connectivity index (χ0v) is 20.5. The van der Waals surface area contributed by atoms with Crippen LogP contribution in [0.4, 0.5) is 13.2 Å². The fraction of sp³-hybridized carbons (Fsp3) is 0.148. The van der Waals surface area contributed by atoms with Crippen LogP contribution in [0.2, 0.25) is 0 Å². The minimum atomic E-state index is -4.64. The van der Waals surface area contributed by atoms with E-state index in [1.807, 2.05) is 48.5 Å². The second kappa shape index (κ2) is 10.00. The van der Waals surface area contributed by atoms with E-state index in [2.05, 4.69) is 20.7 Å². The van der Waals surface area contributed by atoms with Crippen molar-refractivity contribution in [2.75, 3.05) is 7.11 Å². The molecule has 180 valence electrons. The first-order chi connectivity index (χ1) is 16.7. The number of benzene rings is 3. The van der Waals surface area contributed by atoms with Crippen LogP contribution in [0.25, 0.3) is 16.9 Å². The van der Waals surface area contributed by atoms with E-state index in [0.29, 0.717) is 29.3 Å². The highest BCUT2D eigenvalue weighted by Crippen LogP contribution is 2.38. The van der Waals surface area contributed by atoms with Crippen molar-refractivity contribution in [2.45, 2.75) is 19.7 Å². The summed E-state index contributed by atoms with van der Waals surface area (Å²) in [5, 5.41) is 0. The summed E-state index contributed by atoms with van der Waals surface area (Å²) in [5.74, 6) is -0.283. The lowest BCUT2D eigenvalue weighted by molar-refractivity contribution is -0.137. The van der Waals surface area contributed by atoms with Gasteiger partial charge in [0.1, 0.15) is 12.4 Å². The number of esters is 1. The van der Waals surface area contributed by atoms with Gasteiger partial charge >= 0.3 is 12.1 Å². The van der Waals surface area contributed by atoms with Gasteiger partial charge in [-0.1, -0.05) is 46.3 Å². The molecule has 0 saturated carbocycles. The maximum Gasteiger partial charge on any atom is 0.416 e. The van der Waals surface area contributed by atoms with Crippen molar-refractivity contribution in [2.24, 2.45) is 0 Å². The van der Waals surface area contributed by atoms with Crippen molar-refractivity contribution < 1.29 is 27.4 Å². The standard InChI is InChI=1S/C27H21BrF3NO3/c1-17-8-10-24(23-15-21(28)9-11-25(23)35-16-18-6-4-3-5-7-18)32(17)22-13-19(26(33)34-2)12-20(14-22)27(29,30)31/h3-15H,16H2,1-2H3. The number of ether oxygens (including phenoxy) is 2. The number of carbonyl (C=O) groups excluding carboxylic acids is 1. The number of carbonyl (C=O) groups is 1. The fourth-order valence-electron chi connectivity index (χ4n) is 3.79. The summed E-state index contributed by atoms with van der Waals surface area (Å²) in [6.07, 6.45) is -4.64. The Morgan fingerprint density at radius 3 is 2.40 bits per heavy atom. The Morgan fingerprint density at radius 1 is 0.971 bits per heavy atom. The van der Waals surface area contributed by atoms with Crippen LogP contribution < -0.4 is 4.74 Å². The first-order valence-corrected chi connectivity index (χ1v) is 11.4. The van der Waals surface area contributed by atoms with Gasteiger partial charge in [0.2, 0.25) is 0 Å². The Hall–Kier alpha value is -3.52. The van der Waals surface area contributed by atoms with Gasteiger partial charge in [0.15, 0.2) is 0 Å². The number of aromatic nitrogens is 1. The predicted octanol–water partition coefficient (Wildman–Crippen LogP) is 7.60. The maximum absolute atomic E-state index is 13.7. The molecule has 4 nitrogen and oxygen atoms in total. The van der Waals surface area contributed by atoms with Crippen molar-refractivity contribution in [1.82, 2.24) is 4.57 Å². The zero-order valence-electron chi connectivity index (χ0n) is 18.9. The molecule has 4 aromatic rings. The van der Waals surface area contributed by atoms with E-state index < -0.39 is 17.7 Å². The van der Waals surface area contributed by atoms with E-state index in [0.717, 1.165) is 29.3 Å². The minimum absolute atomic E-state index is 0.187. The molecule has 0 aliphatic rings. The molecular formula is C27H21BrF3NO3. The topological polar surface area (TPSA) is 40.5 Å². The molecule has 1 heterocycles. The van der Waals surface area contributed by atoms with Crippen molar-refractivity contribution >= 4 is 21.9 Å². The molecule has 8 heteroatoms. The number of aryl methyl sites for hydroxylation is 1. The first-order valence-electron chi connectivity index (χ1n) is 10.6. The second-order valence-electron chi connectivity index (χ2n) is 7.87. The lowest BCUT2D eigenvalue weighted by atomic mass is 10.1. The van der Waals surface area contributed by atoms with E-state index in [1.165, 1.54) is 6.07 Å². The van der Waals surface area contributed by atoms with Crippen molar-refractivity contribution in [3.05, 3.63) is 106 Å². The van der Waals surface area contributed by atoms with Crippen LogP contribution in [0.15, 0.2) is 83.3 Å². The normalized spacial score (nSPS) is 11.4. The number of methoxy groups -OCH3 is 1. The Bertz CT molecular complexity index is 1360. The molecule has 0 unspecified atom stereocenters. The molecule has 0 aliphatic carbocycles. The highest BCUT2D eigenvalue weighted by atomic mass is 79.9. The summed E-state index contributed by atoms with van der Waals surface area (Å²) < 4.78 is 54.3. The molecule has 0 amide bonds. The van der Waals surface area contributed by atoms with Crippen LogP contribution in [-0.2, 0) is 17.5 Å². The molecule has 0 bridgehead atoms. The van der Waals surface area contributed by atoms with E-state index >= 15 is 0 Å². The van der Waals surface area contributed by atoms with E-state index in [4.69, 9.17) is 4.74 Å². The molecular weight excluding hydrogens is 523 g/mol. The van der Waals surface area contributed by atoms with Crippen LogP contribution in [0, 0.1) is 6.92 Å². The van der Waals surface area contributed by atoms with Crippen LogP contribution in [0.1, 0.15) is 27.2 Å². The van der Waals surface area contributed by atoms with Crippen LogP contribution in [-0.4, -0.2) is 17.6 Å². The molecule has 0 radical (unpaired) electrons. The number of halogens is 4. The molecule has 3 aromatic carbocycles. The average Bonchev–Trinajstić information content (AvgIpc) is 3.23. The summed E-state index contributed by atoms with van der Waals surface area (Å²) in [7, 11) is 1.13. The molecule has 0 N–H and O–H groups in total. The van der Waals surface area contributed by atoms with Gasteiger partial charge < -0.3 is 14.0 Å². The van der Waals surface area contributed by atoms with E-state index in [1.54, 1.807) is 23.6 Å². The molecule has 0 aliphatic heterocycles. The summed E-state index contributed by atoms with van der Waals surface area (Å²) in [6, 6.07) is 22.0. The minimum Gasteiger partial charge on any atom is -0.488 e. The SMILES string of the molecule is COC(=O)c1cc(-n2c(C)ccc2-c2cc(Br)ccc2OCc2ccccc2)cc(C(F)(F)F)c1. The second-order valence-corrected chi connectivity index (χ2v) is 8.78. The molecule has 0 spiro atoms. The summed E-state index contributed by atoms with van der Waals surface area (Å²) in [5.41, 5.74) is 2.02. The van der Waals surface area contributed by atoms with Gasteiger partial charge in [-0.05, 0) is 61.0 Å². The molecule has 1 aromatic heterocycles. The Labute approximate surface area is 209 Å². The highest BCUT2D eigenvalue weighted by Gasteiger charge is 2.32. The lowest BCUT2D eigenvalue weighted by Gasteiger charge is -2.18. The number of nitrogens with zero attached hydrogens (tertiary/aromatic N) is 1. The van der Waals surface area contributed by atoms with Gasteiger partial charge in [-0.25, -0.2) is 4.79 Å². The fourth-order valence-corrected chi connectivity index (χ4v) is 4.16. The third-order valence-corrected chi connectivity index (χ3v) is 5.95. The van der Waals surface area contributed by atoms with Gasteiger partial charge in [-0.3, -0.25) is 0 Å². The third kappa shape index (κ3) is 5.43. The quantitative estimate of drug-likeness (QED) is 0.235. The maximum atomic E-state index is 13.7. The van der Waals surface area contributed by atoms with Gasteiger partial charge in [0.05, 0.1) is 23.9 Å². The zero-order chi connectivity index (χ0) is 25.2. The molecule has 0 saturated heterocycles. The number of alkyl halides is 3. The van der Waals surface area contributed by atoms with Crippen molar-refractivity contribution in [3.8, 4) is 22.7 Å². The van der Waals surface area contributed by atoms with Crippen molar-refractivity contribution in [3.63, 3.8) is 0 Å². The Kier molecular flexibility index (Phi) is 7.03. The highest BCUT2D eigenvalue weighted by molar-refractivity contribution is 9.10. The number of hydrogen-bond acceptors (Lipinski definition) is 3. The van der Waals surface area contributed by atoms with Gasteiger partial charge in [-0.2, -0.15) is 13.2 Å². The van der Waals surface area contributed by atoms with Crippen LogP contribution in [0.5, 0.6) is 5.75 Å². The summed E-state index contributed by atoms with van der Waals surface area (Å²) in [6.45, 7) is 2.11. The molecule has 4 rings (SSSR count). The third-order valence-electron chi connectivity index (χ3n) is 5.46. The molecule has 0 fully saturated rings. The summed E-state index contributed by atoms with van der Waals surface area (Å²) >= 11 is 3.48. The monoisotopic (exact) mass is 543 g/mol.